The first kappa shape index (κ1) is 24.8. The highest BCUT2D eigenvalue weighted by Gasteiger charge is 2.37. The van der Waals surface area contributed by atoms with Crippen molar-refractivity contribution >= 4 is 51.1 Å². The Labute approximate surface area is 224 Å². The van der Waals surface area contributed by atoms with Crippen molar-refractivity contribution in [3.8, 4) is 0 Å². The SMILES string of the molecule is NC(=O)N1CC[C@H](CC(=O)N2CCC(C3c4ncc(Br)cc4CCc4cc(Cl)cc(Cl)c43)CC2)C1. The van der Waals surface area contributed by atoms with Crippen LogP contribution in [0, 0.1) is 11.8 Å². The van der Waals surface area contributed by atoms with Crippen LogP contribution < -0.4 is 5.73 Å². The van der Waals surface area contributed by atoms with E-state index in [0.29, 0.717) is 35.5 Å². The van der Waals surface area contributed by atoms with E-state index in [9.17, 15) is 9.59 Å². The maximum Gasteiger partial charge on any atom is 0.314 e. The normalized spacial score (nSPS) is 22.5. The molecule has 5 rings (SSSR count). The van der Waals surface area contributed by atoms with Gasteiger partial charge in [-0.1, -0.05) is 23.2 Å². The Morgan fingerprint density at radius 1 is 1.03 bits per heavy atom. The number of benzene rings is 1. The zero-order chi connectivity index (χ0) is 24.7. The smallest absolute Gasteiger partial charge is 0.314 e. The zero-order valence-corrected chi connectivity index (χ0v) is 22.6. The lowest BCUT2D eigenvalue weighted by molar-refractivity contribution is -0.133. The number of fused-ring (bicyclic) bond motifs is 2. The number of carbonyl (C=O) groups excluding carboxylic acids is 2. The number of likely N-dealkylation sites (tertiary alicyclic amines) is 2. The fraction of sp³-hybridized carbons (Fsp3) is 0.500. The van der Waals surface area contributed by atoms with Crippen LogP contribution in [-0.2, 0) is 17.6 Å². The van der Waals surface area contributed by atoms with Gasteiger partial charge in [-0.05, 0) is 94.8 Å². The minimum atomic E-state index is -0.398. The van der Waals surface area contributed by atoms with Crippen LogP contribution in [0.3, 0.4) is 0 Å². The van der Waals surface area contributed by atoms with Crippen LogP contribution in [0.1, 0.15) is 54.0 Å². The molecule has 2 aromatic rings. The number of nitrogens with zero attached hydrogens (tertiary/aromatic N) is 3. The number of rotatable bonds is 3. The molecule has 35 heavy (non-hydrogen) atoms. The molecule has 186 valence electrons. The quantitative estimate of drug-likeness (QED) is 0.528. The third-order valence-electron chi connectivity index (χ3n) is 7.84. The zero-order valence-electron chi connectivity index (χ0n) is 19.5. The largest absolute Gasteiger partial charge is 0.351 e. The molecule has 0 bridgehead atoms. The predicted molar refractivity (Wildman–Crippen MR) is 141 cm³/mol. The summed E-state index contributed by atoms with van der Waals surface area (Å²) < 4.78 is 0.979. The average molecular weight is 580 g/mol. The van der Waals surface area contributed by atoms with Gasteiger partial charge in [0.2, 0.25) is 5.91 Å². The first-order chi connectivity index (χ1) is 16.8. The third-order valence-corrected chi connectivity index (χ3v) is 8.81. The lowest BCUT2D eigenvalue weighted by Crippen LogP contribution is -2.41. The van der Waals surface area contributed by atoms with E-state index in [1.807, 2.05) is 23.2 Å². The maximum absolute atomic E-state index is 13.0. The molecular formula is C26H29BrCl2N4O2. The van der Waals surface area contributed by atoms with Crippen LogP contribution in [0.4, 0.5) is 4.79 Å². The second-order valence-corrected chi connectivity index (χ2v) is 11.8. The number of amides is 3. The Balaban J connectivity index is 1.34. The summed E-state index contributed by atoms with van der Waals surface area (Å²) in [4.78, 5) is 32.9. The molecular weight excluding hydrogens is 551 g/mol. The van der Waals surface area contributed by atoms with Gasteiger partial charge < -0.3 is 15.5 Å². The van der Waals surface area contributed by atoms with Crippen molar-refractivity contribution in [3.05, 3.63) is 61.3 Å². The van der Waals surface area contributed by atoms with Crippen LogP contribution in [0.15, 0.2) is 28.9 Å². The monoisotopic (exact) mass is 578 g/mol. The van der Waals surface area contributed by atoms with Gasteiger partial charge in [0.25, 0.3) is 0 Å². The number of hydrogen-bond donors (Lipinski definition) is 1. The Bertz CT molecular complexity index is 1150. The first-order valence-corrected chi connectivity index (χ1v) is 13.8. The molecule has 2 fully saturated rings. The number of urea groups is 1. The van der Waals surface area contributed by atoms with Gasteiger partial charge in [-0.2, -0.15) is 0 Å². The van der Waals surface area contributed by atoms with E-state index < -0.39 is 6.03 Å². The van der Waals surface area contributed by atoms with Gasteiger partial charge in [0.15, 0.2) is 0 Å². The topological polar surface area (TPSA) is 79.5 Å². The van der Waals surface area contributed by atoms with Gasteiger partial charge in [0.05, 0.1) is 5.69 Å². The minimum absolute atomic E-state index is 0.0802. The fourth-order valence-electron chi connectivity index (χ4n) is 6.09. The molecule has 0 saturated carbocycles. The molecule has 1 aliphatic carbocycles. The van der Waals surface area contributed by atoms with E-state index in [-0.39, 0.29) is 17.7 Å². The van der Waals surface area contributed by atoms with E-state index >= 15 is 0 Å². The Morgan fingerprint density at radius 3 is 2.46 bits per heavy atom. The highest BCUT2D eigenvalue weighted by atomic mass is 79.9. The summed E-state index contributed by atoms with van der Waals surface area (Å²) in [6, 6.07) is 5.66. The average Bonchev–Trinajstić information content (AvgIpc) is 3.23. The van der Waals surface area contributed by atoms with Crippen molar-refractivity contribution in [2.75, 3.05) is 26.2 Å². The minimum Gasteiger partial charge on any atom is -0.351 e. The fourth-order valence-corrected chi connectivity index (χ4v) is 7.12. The van der Waals surface area contributed by atoms with Gasteiger partial charge in [-0.25, -0.2) is 4.79 Å². The molecule has 3 heterocycles. The molecule has 0 spiro atoms. The molecule has 3 amide bonds. The molecule has 3 aliphatic rings. The summed E-state index contributed by atoms with van der Waals surface area (Å²) in [5.41, 5.74) is 10.1. The molecule has 1 aromatic carbocycles. The summed E-state index contributed by atoms with van der Waals surface area (Å²) in [6.45, 7) is 2.66. The molecule has 2 saturated heterocycles. The highest BCUT2D eigenvalue weighted by Crippen LogP contribution is 2.46. The molecule has 6 nitrogen and oxygen atoms in total. The molecule has 0 radical (unpaired) electrons. The number of carbonyl (C=O) groups is 2. The van der Waals surface area contributed by atoms with Gasteiger partial charge >= 0.3 is 6.03 Å². The van der Waals surface area contributed by atoms with Gasteiger partial charge in [0.1, 0.15) is 0 Å². The Kier molecular flexibility index (Phi) is 7.29. The van der Waals surface area contributed by atoms with Crippen LogP contribution in [0.5, 0.6) is 0 Å². The van der Waals surface area contributed by atoms with E-state index in [4.69, 9.17) is 33.9 Å². The van der Waals surface area contributed by atoms with Crippen molar-refractivity contribution in [1.29, 1.82) is 0 Å². The molecule has 2 N–H and O–H groups in total. The lowest BCUT2D eigenvalue weighted by atomic mass is 9.76. The van der Waals surface area contributed by atoms with Crippen molar-refractivity contribution in [2.24, 2.45) is 17.6 Å². The number of nitrogens with two attached hydrogens (primary N) is 1. The number of piperidine rings is 1. The molecule has 1 aromatic heterocycles. The Hall–Kier alpha value is -1.83. The first-order valence-electron chi connectivity index (χ1n) is 12.2. The van der Waals surface area contributed by atoms with Crippen molar-refractivity contribution in [3.63, 3.8) is 0 Å². The number of primary amides is 1. The summed E-state index contributed by atoms with van der Waals surface area (Å²) in [5.74, 6) is 0.781. The van der Waals surface area contributed by atoms with Gasteiger partial charge in [-0.15, -0.1) is 0 Å². The second kappa shape index (κ2) is 10.3. The lowest BCUT2D eigenvalue weighted by Gasteiger charge is -2.37. The number of aryl methyl sites for hydroxylation is 2. The summed E-state index contributed by atoms with van der Waals surface area (Å²) >= 11 is 16.8. The number of hydrogen-bond acceptors (Lipinski definition) is 3. The van der Waals surface area contributed by atoms with Gasteiger partial charge in [-0.3, -0.25) is 9.78 Å². The summed E-state index contributed by atoms with van der Waals surface area (Å²) in [6.07, 6.45) is 6.73. The van der Waals surface area contributed by atoms with Crippen LogP contribution in [-0.4, -0.2) is 52.9 Å². The molecule has 2 aliphatic heterocycles. The number of aromatic nitrogens is 1. The van der Waals surface area contributed by atoms with E-state index in [0.717, 1.165) is 60.9 Å². The van der Waals surface area contributed by atoms with E-state index in [1.165, 1.54) is 11.1 Å². The predicted octanol–water partition coefficient (Wildman–Crippen LogP) is 5.41. The van der Waals surface area contributed by atoms with E-state index in [1.54, 1.807) is 4.90 Å². The van der Waals surface area contributed by atoms with Gasteiger partial charge in [0, 0.05) is 59.2 Å². The molecule has 1 unspecified atom stereocenters. The third kappa shape index (κ3) is 5.18. The molecule has 2 atom stereocenters. The molecule has 9 heteroatoms. The highest BCUT2D eigenvalue weighted by molar-refractivity contribution is 9.10. The van der Waals surface area contributed by atoms with Crippen LogP contribution in [0.2, 0.25) is 10.0 Å². The number of halogens is 3. The van der Waals surface area contributed by atoms with Crippen molar-refractivity contribution in [2.45, 2.75) is 44.4 Å². The second-order valence-electron chi connectivity index (χ2n) is 10.00. The summed E-state index contributed by atoms with van der Waals surface area (Å²) in [5, 5.41) is 1.36. The Morgan fingerprint density at radius 2 is 1.74 bits per heavy atom. The van der Waals surface area contributed by atoms with Crippen LogP contribution >= 0.6 is 39.1 Å². The van der Waals surface area contributed by atoms with Crippen molar-refractivity contribution < 1.29 is 9.59 Å². The number of pyridine rings is 1. The van der Waals surface area contributed by atoms with E-state index in [2.05, 4.69) is 22.0 Å². The van der Waals surface area contributed by atoms with Crippen molar-refractivity contribution in [1.82, 2.24) is 14.8 Å². The summed E-state index contributed by atoms with van der Waals surface area (Å²) in [7, 11) is 0. The standard InChI is InChI=1S/C26H29BrCl2N4O2/c27-19-10-18-2-1-17-11-20(28)12-21(29)23(17)24(25(18)31-13-19)16-4-7-32(8-5-16)22(34)9-15-3-6-33(14-15)26(30)35/h10-13,15-16,24H,1-9,14H2,(H2,30,35)/t15-,24?/m1/s1. The maximum atomic E-state index is 13.0. The van der Waals surface area contributed by atoms with Crippen LogP contribution in [0.25, 0.3) is 0 Å².